The fourth-order valence-corrected chi connectivity index (χ4v) is 5.78. The summed E-state index contributed by atoms with van der Waals surface area (Å²) in [6, 6.07) is 3.63. The van der Waals surface area contributed by atoms with Crippen molar-refractivity contribution in [2.24, 2.45) is 5.92 Å². The highest BCUT2D eigenvalue weighted by Gasteiger charge is 2.62. The number of amides is 2. The Labute approximate surface area is 233 Å². The number of hydrogen-bond donors (Lipinski definition) is 3. The number of methoxy groups -OCH3 is 2. The van der Waals surface area contributed by atoms with Crippen LogP contribution in [0.25, 0.3) is 0 Å². The lowest BCUT2D eigenvalue weighted by Gasteiger charge is -2.42. The Kier molecular flexibility index (Phi) is 8.35. The topological polar surface area (TPSA) is 130 Å². The summed E-state index contributed by atoms with van der Waals surface area (Å²) >= 11 is 6.58. The molecule has 0 spiro atoms. The van der Waals surface area contributed by atoms with Crippen LogP contribution in [-0.2, 0) is 25.4 Å². The number of nitrogens with zero attached hydrogens (tertiary/aromatic N) is 1. The lowest BCUT2D eigenvalue weighted by molar-refractivity contribution is -0.142. The zero-order valence-electron chi connectivity index (χ0n) is 23.1. The van der Waals surface area contributed by atoms with E-state index in [-0.39, 0.29) is 23.8 Å². The monoisotopic (exact) mass is 564 g/mol. The van der Waals surface area contributed by atoms with Gasteiger partial charge in [-0.25, -0.2) is 4.79 Å². The maximum atomic E-state index is 13.3. The van der Waals surface area contributed by atoms with Crippen LogP contribution >= 0.6 is 11.6 Å². The SMILES string of the molecule is COc1cc2cc(c1Cl)N(C)C(=O)C[C@@H](O)[C@]1(C)O[C@@H]1[C@H](C)[C@H]1C[C@@](O)(NC(=O)O1)[C@H](OC)/C=C/C=C(\C)C2. The van der Waals surface area contributed by atoms with Gasteiger partial charge in [0, 0.05) is 26.5 Å². The first-order chi connectivity index (χ1) is 18.3. The minimum atomic E-state index is -1.73. The van der Waals surface area contributed by atoms with Gasteiger partial charge >= 0.3 is 6.09 Å². The van der Waals surface area contributed by atoms with E-state index in [1.165, 1.54) is 19.1 Å². The van der Waals surface area contributed by atoms with Crippen molar-refractivity contribution >= 4 is 29.3 Å². The molecule has 2 amide bonds. The van der Waals surface area contributed by atoms with Gasteiger partial charge in [0.2, 0.25) is 5.91 Å². The van der Waals surface area contributed by atoms with E-state index in [0.29, 0.717) is 17.9 Å². The number of anilines is 1. The van der Waals surface area contributed by atoms with Crippen LogP contribution < -0.4 is 15.0 Å². The molecule has 11 heteroatoms. The van der Waals surface area contributed by atoms with Gasteiger partial charge in [0.1, 0.15) is 28.6 Å². The van der Waals surface area contributed by atoms with Gasteiger partial charge in [0.25, 0.3) is 0 Å². The molecule has 0 saturated carbocycles. The third-order valence-electron chi connectivity index (χ3n) is 7.98. The summed E-state index contributed by atoms with van der Waals surface area (Å²) < 4.78 is 22.4. The molecule has 0 aliphatic carbocycles. The number of carbonyl (C=O) groups is 2. The summed E-state index contributed by atoms with van der Waals surface area (Å²) in [5.74, 6) is -0.323. The molecule has 1 aromatic rings. The van der Waals surface area contributed by atoms with E-state index in [1.54, 1.807) is 26.1 Å². The molecule has 0 aromatic heterocycles. The maximum absolute atomic E-state index is 13.3. The molecule has 7 atom stereocenters. The first-order valence-electron chi connectivity index (χ1n) is 12.9. The van der Waals surface area contributed by atoms with E-state index >= 15 is 0 Å². The number of aliphatic hydroxyl groups is 2. The number of nitrogens with one attached hydrogen (secondary N) is 1. The summed E-state index contributed by atoms with van der Waals surface area (Å²) in [5.41, 5.74) is -0.479. The average Bonchev–Trinajstić information content (AvgIpc) is 3.58. The number of rotatable bonds is 2. The summed E-state index contributed by atoms with van der Waals surface area (Å²) in [6.07, 6.45) is 1.63. The predicted molar refractivity (Wildman–Crippen MR) is 145 cm³/mol. The van der Waals surface area contributed by atoms with Gasteiger partial charge in [-0.3, -0.25) is 10.1 Å². The molecule has 1 aromatic carbocycles. The van der Waals surface area contributed by atoms with Gasteiger partial charge in [0.05, 0.1) is 31.4 Å². The maximum Gasteiger partial charge on any atom is 0.409 e. The molecule has 3 heterocycles. The summed E-state index contributed by atoms with van der Waals surface area (Å²) in [5, 5.41) is 25.3. The van der Waals surface area contributed by atoms with Gasteiger partial charge in [-0.1, -0.05) is 42.3 Å². The van der Waals surface area contributed by atoms with E-state index in [9.17, 15) is 19.8 Å². The van der Waals surface area contributed by atoms with Crippen LogP contribution in [0.3, 0.4) is 0 Å². The molecule has 10 nitrogen and oxygen atoms in total. The number of fused-ring (bicyclic) bond motifs is 5. The number of benzene rings is 1. The number of epoxide rings is 1. The zero-order valence-corrected chi connectivity index (χ0v) is 23.8. The lowest BCUT2D eigenvalue weighted by Crippen LogP contribution is -2.63. The van der Waals surface area contributed by atoms with Gasteiger partial charge in [-0.05, 0) is 38.0 Å². The van der Waals surface area contributed by atoms with Crippen LogP contribution in [0.4, 0.5) is 10.5 Å². The number of carbonyl (C=O) groups excluding carboxylic acids is 2. The number of ether oxygens (including phenoxy) is 4. The standard InChI is InChI=1S/C28H37ClN2O8/c1-15-8-7-9-22(37-6)28(35)14-20(38-26(34)30-28)16(2)25-27(3,39-25)21(32)13-23(33)31(4)18-11-17(10-15)12-19(36-5)24(18)29/h7-9,11-12,16,20-22,25,32,35H,10,13-14H2,1-6H3,(H,30,34)/b9-7+,15-8+/t16-,20-,21-,22-,25-,27+,28+/m1/s1. The van der Waals surface area contributed by atoms with Crippen LogP contribution in [0.5, 0.6) is 5.75 Å². The normalized spacial score (nSPS) is 37.6. The van der Waals surface area contributed by atoms with E-state index in [2.05, 4.69) is 5.32 Å². The number of aliphatic hydroxyl groups excluding tert-OH is 1. The fraction of sp³-hybridized carbons (Fsp3) is 0.571. The van der Waals surface area contributed by atoms with E-state index in [1.807, 2.05) is 32.1 Å². The van der Waals surface area contributed by atoms with Gasteiger partial charge in [0.15, 0.2) is 5.72 Å². The molecule has 3 N–H and O–H groups in total. The van der Waals surface area contributed by atoms with E-state index in [0.717, 1.165) is 11.1 Å². The van der Waals surface area contributed by atoms with Crippen LogP contribution in [0, 0.1) is 5.92 Å². The van der Waals surface area contributed by atoms with Crippen LogP contribution in [0.15, 0.2) is 35.9 Å². The van der Waals surface area contributed by atoms with Gasteiger partial charge in [-0.15, -0.1) is 0 Å². The molecule has 4 bridgehead atoms. The first kappa shape index (κ1) is 29.4. The highest BCUT2D eigenvalue weighted by atomic mass is 35.5. The van der Waals surface area contributed by atoms with Crippen molar-refractivity contribution in [2.75, 3.05) is 26.2 Å². The van der Waals surface area contributed by atoms with Crippen molar-refractivity contribution in [3.8, 4) is 5.75 Å². The minimum absolute atomic E-state index is 0.0310. The molecular weight excluding hydrogens is 528 g/mol. The van der Waals surface area contributed by atoms with Crippen LogP contribution in [0.2, 0.25) is 5.02 Å². The second kappa shape index (κ2) is 11.1. The molecule has 214 valence electrons. The molecule has 4 rings (SSSR count). The summed E-state index contributed by atoms with van der Waals surface area (Å²) in [7, 11) is 4.56. The lowest BCUT2D eigenvalue weighted by atomic mass is 9.84. The van der Waals surface area contributed by atoms with Crippen molar-refractivity contribution < 1.29 is 38.7 Å². The Hall–Kier alpha value is -2.63. The number of hydrogen-bond acceptors (Lipinski definition) is 8. The molecule has 2 fully saturated rings. The molecular formula is C28H37ClN2O8. The average molecular weight is 565 g/mol. The van der Waals surface area contributed by atoms with Gasteiger partial charge < -0.3 is 34.1 Å². The minimum Gasteiger partial charge on any atom is -0.495 e. The highest BCUT2D eigenvalue weighted by molar-refractivity contribution is 6.35. The Balaban J connectivity index is 1.74. The van der Waals surface area contributed by atoms with Crippen molar-refractivity contribution in [1.29, 1.82) is 0 Å². The van der Waals surface area contributed by atoms with E-state index < -0.39 is 47.8 Å². The number of allylic oxidation sites excluding steroid dienone is 3. The highest BCUT2D eigenvalue weighted by Crippen LogP contribution is 2.48. The third-order valence-corrected chi connectivity index (χ3v) is 8.36. The third kappa shape index (κ3) is 5.81. The fourth-order valence-electron chi connectivity index (χ4n) is 5.46. The summed E-state index contributed by atoms with van der Waals surface area (Å²) in [4.78, 5) is 27.1. The zero-order chi connectivity index (χ0) is 28.7. The largest absolute Gasteiger partial charge is 0.495 e. The molecule has 3 aliphatic heterocycles. The first-order valence-corrected chi connectivity index (χ1v) is 13.3. The van der Waals surface area contributed by atoms with Crippen molar-refractivity contribution in [3.63, 3.8) is 0 Å². The Morgan fingerprint density at radius 3 is 2.64 bits per heavy atom. The molecule has 0 radical (unpaired) electrons. The summed E-state index contributed by atoms with van der Waals surface area (Å²) in [6.45, 7) is 5.48. The van der Waals surface area contributed by atoms with Gasteiger partial charge in [-0.2, -0.15) is 0 Å². The Morgan fingerprint density at radius 1 is 1.26 bits per heavy atom. The second-order valence-corrected chi connectivity index (χ2v) is 11.2. The quantitative estimate of drug-likeness (QED) is 0.467. The molecule has 3 aliphatic rings. The predicted octanol–water partition coefficient (Wildman–Crippen LogP) is 3.12. The Morgan fingerprint density at radius 2 is 1.97 bits per heavy atom. The number of halogens is 1. The van der Waals surface area contributed by atoms with E-state index in [4.69, 9.17) is 30.5 Å². The Bertz CT molecular complexity index is 1190. The van der Waals surface area contributed by atoms with Crippen molar-refractivity contribution in [3.05, 3.63) is 46.5 Å². The smallest absolute Gasteiger partial charge is 0.409 e. The van der Waals surface area contributed by atoms with Crippen LogP contribution in [0.1, 0.15) is 39.2 Å². The number of alkyl carbamates (subject to hydrolysis) is 1. The molecule has 2 saturated heterocycles. The van der Waals surface area contributed by atoms with Crippen molar-refractivity contribution in [2.45, 2.75) is 75.8 Å². The van der Waals surface area contributed by atoms with Crippen molar-refractivity contribution in [1.82, 2.24) is 5.32 Å². The van der Waals surface area contributed by atoms with Crippen LogP contribution in [-0.4, -0.2) is 79.2 Å². The molecule has 39 heavy (non-hydrogen) atoms. The molecule has 0 unspecified atom stereocenters. The second-order valence-electron chi connectivity index (χ2n) is 10.8.